The summed E-state index contributed by atoms with van der Waals surface area (Å²) in [5.74, 6) is 0.915. The van der Waals surface area contributed by atoms with Gasteiger partial charge in [-0.15, -0.1) is 24.8 Å². The Hall–Kier alpha value is 0.290. The third-order valence-electron chi connectivity index (χ3n) is 4.80. The van der Waals surface area contributed by atoms with E-state index in [9.17, 15) is 5.11 Å². The van der Waals surface area contributed by atoms with Crippen molar-refractivity contribution in [3.05, 3.63) is 27.2 Å². The van der Waals surface area contributed by atoms with Crippen LogP contribution < -0.4 is 5.32 Å². The Bertz CT molecular complexity index is 506. The van der Waals surface area contributed by atoms with Crippen LogP contribution in [0.3, 0.4) is 0 Å². The van der Waals surface area contributed by atoms with Crippen molar-refractivity contribution in [3.63, 3.8) is 0 Å². The predicted octanol–water partition coefficient (Wildman–Crippen LogP) is 4.79. The van der Waals surface area contributed by atoms with Crippen molar-refractivity contribution in [2.75, 3.05) is 26.2 Å². The molecule has 1 aliphatic carbocycles. The third-order valence-corrected chi connectivity index (χ3v) is 5.77. The van der Waals surface area contributed by atoms with E-state index in [0.29, 0.717) is 16.7 Å². The Morgan fingerprint density at radius 1 is 1.17 bits per heavy atom. The fraction of sp³-hybridized carbons (Fsp3) is 0.625. The van der Waals surface area contributed by atoms with E-state index in [1.807, 2.05) is 12.1 Å². The molecule has 2 aliphatic rings. The summed E-state index contributed by atoms with van der Waals surface area (Å²) in [4.78, 5) is 2.50. The summed E-state index contributed by atoms with van der Waals surface area (Å²) < 4.78 is 0.736. The van der Waals surface area contributed by atoms with Crippen molar-refractivity contribution in [3.8, 4) is 5.75 Å². The van der Waals surface area contributed by atoms with Crippen LogP contribution >= 0.6 is 52.3 Å². The van der Waals surface area contributed by atoms with E-state index in [1.165, 1.54) is 25.7 Å². The molecule has 1 saturated heterocycles. The van der Waals surface area contributed by atoms with Crippen LogP contribution in [0.4, 0.5) is 0 Å². The number of phenolic OH excluding ortho intramolecular Hbond substituents is 1. The van der Waals surface area contributed by atoms with E-state index in [4.69, 9.17) is 11.6 Å². The van der Waals surface area contributed by atoms with Gasteiger partial charge in [0.1, 0.15) is 5.75 Å². The van der Waals surface area contributed by atoms with Crippen LogP contribution in [0.2, 0.25) is 5.02 Å². The number of aromatic hydroxyl groups is 1. The maximum atomic E-state index is 10.6. The average Bonchev–Trinajstić information content (AvgIpc) is 3.02. The van der Waals surface area contributed by atoms with Gasteiger partial charge < -0.3 is 10.4 Å². The largest absolute Gasteiger partial charge is 0.506 e. The molecule has 3 nitrogen and oxygen atoms in total. The van der Waals surface area contributed by atoms with Gasteiger partial charge in [-0.3, -0.25) is 4.90 Å². The molecule has 23 heavy (non-hydrogen) atoms. The second-order valence-electron chi connectivity index (χ2n) is 6.07. The maximum absolute atomic E-state index is 10.6. The van der Waals surface area contributed by atoms with Gasteiger partial charge in [0.05, 0.1) is 4.47 Å². The standard InChI is InChI=1S/C16H22BrClN2O.2ClH/c17-12-5-6-13(18)14(16(12)21)15(11-3-1-2-4-11)20-9-7-19-8-10-20;;/h5-6,11,15,19,21H,1-4,7-10H2;2*1H/t15-;;/m1../s1. The molecule has 0 bridgehead atoms. The van der Waals surface area contributed by atoms with Gasteiger partial charge in [-0.05, 0) is 46.8 Å². The average molecular weight is 447 g/mol. The van der Waals surface area contributed by atoms with Gasteiger partial charge in [-0.25, -0.2) is 0 Å². The number of nitrogens with zero attached hydrogens (tertiary/aromatic N) is 1. The fourth-order valence-electron chi connectivity index (χ4n) is 3.79. The number of piperazine rings is 1. The highest BCUT2D eigenvalue weighted by atomic mass is 79.9. The Labute approximate surface area is 164 Å². The molecule has 7 heteroatoms. The molecule has 0 spiro atoms. The molecule has 132 valence electrons. The Balaban J connectivity index is 0.00000132. The Kier molecular flexibility index (Phi) is 8.99. The van der Waals surface area contributed by atoms with Gasteiger partial charge >= 0.3 is 0 Å². The molecule has 2 fully saturated rings. The van der Waals surface area contributed by atoms with Crippen LogP contribution in [0.1, 0.15) is 37.3 Å². The van der Waals surface area contributed by atoms with E-state index in [-0.39, 0.29) is 30.9 Å². The van der Waals surface area contributed by atoms with Gasteiger partial charge in [0, 0.05) is 42.8 Å². The normalized spacial score (nSPS) is 20.6. The zero-order valence-electron chi connectivity index (χ0n) is 12.9. The Morgan fingerprint density at radius 3 is 2.39 bits per heavy atom. The van der Waals surface area contributed by atoms with Crippen LogP contribution in [-0.4, -0.2) is 36.2 Å². The number of hydrogen-bond donors (Lipinski definition) is 2. The monoisotopic (exact) mass is 444 g/mol. The second-order valence-corrected chi connectivity index (χ2v) is 7.33. The molecule has 3 rings (SSSR count). The van der Waals surface area contributed by atoms with Crippen LogP contribution in [-0.2, 0) is 0 Å². The number of nitrogens with one attached hydrogen (secondary N) is 1. The van der Waals surface area contributed by atoms with Gasteiger partial charge in [0.2, 0.25) is 0 Å². The predicted molar refractivity (Wildman–Crippen MR) is 104 cm³/mol. The minimum Gasteiger partial charge on any atom is -0.506 e. The van der Waals surface area contributed by atoms with Crippen LogP contribution in [0.15, 0.2) is 16.6 Å². The first kappa shape index (κ1) is 21.3. The summed E-state index contributed by atoms with van der Waals surface area (Å²) in [5.41, 5.74) is 0.917. The number of hydrogen-bond acceptors (Lipinski definition) is 3. The van der Waals surface area contributed by atoms with Crippen molar-refractivity contribution in [2.45, 2.75) is 31.7 Å². The topological polar surface area (TPSA) is 35.5 Å². The molecule has 1 aromatic carbocycles. The number of halogens is 4. The smallest absolute Gasteiger partial charge is 0.136 e. The van der Waals surface area contributed by atoms with Gasteiger partial charge in [0.15, 0.2) is 0 Å². The number of phenols is 1. The molecule has 1 aliphatic heterocycles. The zero-order valence-corrected chi connectivity index (χ0v) is 16.9. The lowest BCUT2D eigenvalue weighted by Gasteiger charge is -2.39. The maximum Gasteiger partial charge on any atom is 0.136 e. The van der Waals surface area contributed by atoms with Crippen molar-refractivity contribution in [1.82, 2.24) is 10.2 Å². The first-order valence-corrected chi connectivity index (χ1v) is 8.97. The molecule has 2 N–H and O–H groups in total. The highest BCUT2D eigenvalue weighted by Gasteiger charge is 2.35. The highest BCUT2D eigenvalue weighted by Crippen LogP contribution is 2.47. The molecule has 1 saturated carbocycles. The van der Waals surface area contributed by atoms with Crippen LogP contribution in [0.25, 0.3) is 0 Å². The van der Waals surface area contributed by atoms with Crippen molar-refractivity contribution >= 4 is 52.3 Å². The quantitative estimate of drug-likeness (QED) is 0.701. The molecule has 1 aromatic rings. The molecule has 0 amide bonds. The van der Waals surface area contributed by atoms with E-state index in [0.717, 1.165) is 36.2 Å². The van der Waals surface area contributed by atoms with Crippen LogP contribution in [0.5, 0.6) is 5.75 Å². The van der Waals surface area contributed by atoms with E-state index < -0.39 is 0 Å². The minimum absolute atomic E-state index is 0. The van der Waals surface area contributed by atoms with E-state index in [2.05, 4.69) is 26.1 Å². The van der Waals surface area contributed by atoms with Crippen molar-refractivity contribution in [1.29, 1.82) is 0 Å². The van der Waals surface area contributed by atoms with Gasteiger partial charge in [-0.2, -0.15) is 0 Å². The molecule has 1 heterocycles. The molecule has 0 aromatic heterocycles. The second kappa shape index (κ2) is 9.69. The number of rotatable bonds is 3. The summed E-state index contributed by atoms with van der Waals surface area (Å²) in [5, 5.41) is 14.7. The molecule has 1 atom stereocenters. The van der Waals surface area contributed by atoms with E-state index in [1.54, 1.807) is 0 Å². The lowest BCUT2D eigenvalue weighted by molar-refractivity contribution is 0.123. The van der Waals surface area contributed by atoms with Crippen molar-refractivity contribution < 1.29 is 5.11 Å². The first-order valence-electron chi connectivity index (χ1n) is 7.80. The molecule has 0 radical (unpaired) electrons. The summed E-state index contributed by atoms with van der Waals surface area (Å²) in [6, 6.07) is 3.95. The molecular weight excluding hydrogens is 422 g/mol. The molecule has 0 unspecified atom stereocenters. The summed E-state index contributed by atoms with van der Waals surface area (Å²) in [6.45, 7) is 4.05. The van der Waals surface area contributed by atoms with Gasteiger partial charge in [0.25, 0.3) is 0 Å². The zero-order chi connectivity index (χ0) is 14.8. The summed E-state index contributed by atoms with van der Waals surface area (Å²) >= 11 is 9.91. The first-order chi connectivity index (χ1) is 10.2. The molecular formula is C16H24BrCl3N2O. The SMILES string of the molecule is Cl.Cl.Oc1c(Br)ccc(Cl)c1[C@@H](C1CCCC1)N1CCNCC1. The fourth-order valence-corrected chi connectivity index (χ4v) is 4.40. The van der Waals surface area contributed by atoms with E-state index >= 15 is 0 Å². The van der Waals surface area contributed by atoms with Crippen molar-refractivity contribution in [2.24, 2.45) is 5.92 Å². The van der Waals surface area contributed by atoms with Crippen LogP contribution in [0, 0.1) is 5.92 Å². The van der Waals surface area contributed by atoms with Gasteiger partial charge in [-0.1, -0.05) is 24.4 Å². The third kappa shape index (κ3) is 4.68. The number of benzene rings is 1. The Morgan fingerprint density at radius 2 is 1.78 bits per heavy atom. The summed E-state index contributed by atoms with van der Waals surface area (Å²) in [6.07, 6.45) is 5.05. The highest BCUT2D eigenvalue weighted by molar-refractivity contribution is 9.10. The lowest BCUT2D eigenvalue weighted by Crippen LogP contribution is -2.46. The summed E-state index contributed by atoms with van der Waals surface area (Å²) in [7, 11) is 0. The minimum atomic E-state index is 0. The lowest BCUT2D eigenvalue weighted by atomic mass is 9.89.